The van der Waals surface area contributed by atoms with Gasteiger partial charge in [-0.15, -0.1) is 0 Å². The zero-order valence-corrected chi connectivity index (χ0v) is 11.4. The van der Waals surface area contributed by atoms with Crippen molar-refractivity contribution in [3.63, 3.8) is 0 Å². The van der Waals surface area contributed by atoms with Gasteiger partial charge in [0, 0.05) is 6.54 Å². The van der Waals surface area contributed by atoms with E-state index in [1.807, 2.05) is 0 Å². The summed E-state index contributed by atoms with van der Waals surface area (Å²) in [5, 5.41) is 3.63. The molecule has 0 amide bonds. The molecule has 94 valence electrons. The molecule has 0 bridgehead atoms. The molecule has 0 aliphatic heterocycles. The van der Waals surface area contributed by atoms with Crippen LogP contribution in [-0.4, -0.2) is 6.54 Å². The molecule has 0 saturated heterocycles. The third-order valence-corrected chi connectivity index (χ3v) is 4.06. The van der Waals surface area contributed by atoms with Crippen molar-refractivity contribution in [2.75, 3.05) is 6.54 Å². The number of rotatable bonds is 4. The molecule has 0 radical (unpaired) electrons. The lowest BCUT2D eigenvalue weighted by atomic mass is 10.0. The van der Waals surface area contributed by atoms with Crippen molar-refractivity contribution in [2.45, 2.75) is 46.6 Å². The van der Waals surface area contributed by atoms with Crippen LogP contribution in [0.25, 0.3) is 0 Å². The van der Waals surface area contributed by atoms with Gasteiger partial charge in [-0.05, 0) is 56.2 Å². The van der Waals surface area contributed by atoms with Crippen LogP contribution in [0.3, 0.4) is 0 Å². The first-order valence-corrected chi connectivity index (χ1v) is 6.92. The van der Waals surface area contributed by atoms with Crippen LogP contribution in [0.4, 0.5) is 0 Å². The van der Waals surface area contributed by atoms with Crippen LogP contribution in [0, 0.1) is 25.7 Å². The Labute approximate surface area is 106 Å². The van der Waals surface area contributed by atoms with Gasteiger partial charge in [0.15, 0.2) is 0 Å². The van der Waals surface area contributed by atoms with Crippen LogP contribution < -0.4 is 5.32 Å². The molecule has 1 aliphatic rings. The highest BCUT2D eigenvalue weighted by Crippen LogP contribution is 2.29. The molecule has 0 spiro atoms. The van der Waals surface area contributed by atoms with Crippen LogP contribution in [0.15, 0.2) is 18.2 Å². The second kappa shape index (κ2) is 5.68. The summed E-state index contributed by atoms with van der Waals surface area (Å²) in [4.78, 5) is 0. The van der Waals surface area contributed by atoms with Crippen molar-refractivity contribution < 1.29 is 0 Å². The highest BCUT2D eigenvalue weighted by atomic mass is 14.9. The zero-order valence-electron chi connectivity index (χ0n) is 11.4. The van der Waals surface area contributed by atoms with Crippen molar-refractivity contribution in [3.8, 4) is 0 Å². The molecule has 1 nitrogen and oxygen atoms in total. The average molecular weight is 231 g/mol. The van der Waals surface area contributed by atoms with Gasteiger partial charge in [0.2, 0.25) is 0 Å². The molecule has 1 N–H and O–H groups in total. The summed E-state index contributed by atoms with van der Waals surface area (Å²) in [5.74, 6) is 1.86. The minimum absolute atomic E-state index is 0.912. The Morgan fingerprint density at radius 2 is 2.06 bits per heavy atom. The fourth-order valence-corrected chi connectivity index (χ4v) is 2.91. The van der Waals surface area contributed by atoms with Crippen molar-refractivity contribution in [1.82, 2.24) is 5.32 Å². The SMILES string of the molecule is Cc1ccc(C)c(CNCC2CCC(C)C2)c1. The Bertz CT molecular complexity index is 370. The van der Waals surface area contributed by atoms with Gasteiger partial charge in [-0.1, -0.05) is 37.1 Å². The molecule has 2 atom stereocenters. The Hall–Kier alpha value is -0.820. The van der Waals surface area contributed by atoms with E-state index in [1.165, 1.54) is 42.5 Å². The predicted octanol–water partition coefficient (Wildman–Crippen LogP) is 3.83. The molecular weight excluding hydrogens is 206 g/mol. The summed E-state index contributed by atoms with van der Waals surface area (Å²) < 4.78 is 0. The Balaban J connectivity index is 1.80. The molecule has 1 heteroatoms. The number of nitrogens with one attached hydrogen (secondary N) is 1. The molecule has 1 aliphatic carbocycles. The molecule has 1 aromatic rings. The van der Waals surface area contributed by atoms with E-state index in [9.17, 15) is 0 Å². The van der Waals surface area contributed by atoms with E-state index in [4.69, 9.17) is 0 Å². The monoisotopic (exact) mass is 231 g/mol. The number of benzene rings is 1. The number of aryl methyl sites for hydroxylation is 2. The van der Waals surface area contributed by atoms with Gasteiger partial charge in [0.1, 0.15) is 0 Å². The maximum Gasteiger partial charge on any atom is 0.0208 e. The quantitative estimate of drug-likeness (QED) is 0.830. The highest BCUT2D eigenvalue weighted by Gasteiger charge is 2.20. The summed E-state index contributed by atoms with van der Waals surface area (Å²) >= 11 is 0. The van der Waals surface area contributed by atoms with Crippen LogP contribution in [0.5, 0.6) is 0 Å². The third-order valence-electron chi connectivity index (χ3n) is 4.06. The van der Waals surface area contributed by atoms with Gasteiger partial charge in [0.05, 0.1) is 0 Å². The summed E-state index contributed by atoms with van der Waals surface area (Å²) in [5.41, 5.74) is 4.22. The van der Waals surface area contributed by atoms with E-state index in [1.54, 1.807) is 0 Å². The van der Waals surface area contributed by atoms with E-state index in [2.05, 4.69) is 44.3 Å². The normalized spacial score (nSPS) is 24.2. The molecule has 0 heterocycles. The molecular formula is C16H25N. The second-order valence-corrected chi connectivity index (χ2v) is 5.85. The van der Waals surface area contributed by atoms with Crippen LogP contribution >= 0.6 is 0 Å². The zero-order chi connectivity index (χ0) is 12.3. The molecule has 2 rings (SSSR count). The Morgan fingerprint density at radius 1 is 1.24 bits per heavy atom. The van der Waals surface area contributed by atoms with E-state index >= 15 is 0 Å². The fraction of sp³-hybridized carbons (Fsp3) is 0.625. The van der Waals surface area contributed by atoms with Crippen LogP contribution in [-0.2, 0) is 6.54 Å². The topological polar surface area (TPSA) is 12.0 Å². The van der Waals surface area contributed by atoms with Crippen LogP contribution in [0.2, 0.25) is 0 Å². The smallest absolute Gasteiger partial charge is 0.0208 e. The summed E-state index contributed by atoms with van der Waals surface area (Å²) in [6, 6.07) is 6.72. The highest BCUT2D eigenvalue weighted by molar-refractivity contribution is 5.30. The Kier molecular flexibility index (Phi) is 4.22. The second-order valence-electron chi connectivity index (χ2n) is 5.85. The van der Waals surface area contributed by atoms with Crippen LogP contribution in [0.1, 0.15) is 42.9 Å². The standard InChI is InChI=1S/C16H25N/c1-12-5-7-15(8-12)10-17-11-16-9-13(2)4-6-14(16)3/h4,6,9,12,15,17H,5,7-8,10-11H2,1-3H3. The van der Waals surface area contributed by atoms with Gasteiger partial charge in [-0.25, -0.2) is 0 Å². The average Bonchev–Trinajstić information content (AvgIpc) is 2.69. The summed E-state index contributed by atoms with van der Waals surface area (Å²) in [6.45, 7) is 8.97. The lowest BCUT2D eigenvalue weighted by molar-refractivity contribution is 0.470. The van der Waals surface area contributed by atoms with E-state index in [0.29, 0.717) is 0 Å². The first kappa shape index (κ1) is 12.6. The van der Waals surface area contributed by atoms with Crippen molar-refractivity contribution in [2.24, 2.45) is 11.8 Å². The van der Waals surface area contributed by atoms with Gasteiger partial charge in [-0.3, -0.25) is 0 Å². The van der Waals surface area contributed by atoms with Gasteiger partial charge in [0.25, 0.3) is 0 Å². The molecule has 17 heavy (non-hydrogen) atoms. The van der Waals surface area contributed by atoms with Crippen molar-refractivity contribution >= 4 is 0 Å². The minimum atomic E-state index is 0.912. The van der Waals surface area contributed by atoms with Gasteiger partial charge in [-0.2, -0.15) is 0 Å². The maximum atomic E-state index is 3.63. The largest absolute Gasteiger partial charge is 0.312 e. The van der Waals surface area contributed by atoms with E-state index in [0.717, 1.165) is 18.4 Å². The fourth-order valence-electron chi connectivity index (χ4n) is 2.91. The number of hydrogen-bond acceptors (Lipinski definition) is 1. The minimum Gasteiger partial charge on any atom is -0.312 e. The molecule has 2 unspecified atom stereocenters. The summed E-state index contributed by atoms with van der Waals surface area (Å²) in [6.07, 6.45) is 4.26. The van der Waals surface area contributed by atoms with Crippen molar-refractivity contribution in [1.29, 1.82) is 0 Å². The van der Waals surface area contributed by atoms with E-state index < -0.39 is 0 Å². The lowest BCUT2D eigenvalue weighted by Crippen LogP contribution is -2.21. The lowest BCUT2D eigenvalue weighted by Gasteiger charge is -2.13. The molecule has 1 aromatic carbocycles. The molecule has 1 fully saturated rings. The Morgan fingerprint density at radius 3 is 2.76 bits per heavy atom. The predicted molar refractivity (Wildman–Crippen MR) is 74.1 cm³/mol. The first-order chi connectivity index (χ1) is 8.15. The maximum absolute atomic E-state index is 3.63. The summed E-state index contributed by atoms with van der Waals surface area (Å²) in [7, 11) is 0. The number of hydrogen-bond donors (Lipinski definition) is 1. The molecule has 1 saturated carbocycles. The molecule has 0 aromatic heterocycles. The van der Waals surface area contributed by atoms with Gasteiger partial charge >= 0.3 is 0 Å². The van der Waals surface area contributed by atoms with Crippen molar-refractivity contribution in [3.05, 3.63) is 34.9 Å². The first-order valence-electron chi connectivity index (χ1n) is 6.92. The third kappa shape index (κ3) is 3.57. The van der Waals surface area contributed by atoms with Gasteiger partial charge < -0.3 is 5.32 Å². The van der Waals surface area contributed by atoms with E-state index in [-0.39, 0.29) is 0 Å².